The number of aryl methyl sites for hydroxylation is 1. The first-order chi connectivity index (χ1) is 12.3. The maximum absolute atomic E-state index is 13.0. The highest BCUT2D eigenvalue weighted by Gasteiger charge is 2.45. The Balaban J connectivity index is 2.15. The average molecular weight is 375 g/mol. The van der Waals surface area contributed by atoms with E-state index in [9.17, 15) is 9.59 Å². The first-order valence-corrected chi connectivity index (χ1v) is 9.78. The third-order valence-corrected chi connectivity index (χ3v) is 6.06. The number of esters is 1. The predicted octanol–water partition coefficient (Wildman–Crippen LogP) is 3.80. The molecule has 2 heterocycles. The third-order valence-electron chi connectivity index (χ3n) is 4.77. The van der Waals surface area contributed by atoms with Gasteiger partial charge in [-0.1, -0.05) is 20.8 Å². The van der Waals surface area contributed by atoms with Crippen LogP contribution in [-0.4, -0.2) is 18.4 Å². The van der Waals surface area contributed by atoms with Crippen molar-refractivity contribution < 1.29 is 19.1 Å². The number of carbonyl (C=O) groups is 2. The molecule has 0 amide bonds. The molecule has 140 valence electrons. The lowest BCUT2D eigenvalue weighted by Crippen LogP contribution is -2.35. The summed E-state index contributed by atoms with van der Waals surface area (Å²) in [4.78, 5) is 27.7. The zero-order chi connectivity index (χ0) is 19.1. The van der Waals surface area contributed by atoms with Gasteiger partial charge in [-0.25, -0.2) is 4.79 Å². The fourth-order valence-corrected chi connectivity index (χ4v) is 4.69. The Kier molecular flexibility index (Phi) is 4.97. The molecule has 1 atom stereocenters. The number of hydrogen-bond donors (Lipinski definition) is 1. The summed E-state index contributed by atoms with van der Waals surface area (Å²) < 4.78 is 11.0. The molecule has 0 unspecified atom stereocenters. The van der Waals surface area contributed by atoms with Gasteiger partial charge in [0.1, 0.15) is 11.3 Å². The minimum absolute atomic E-state index is 0.0157. The molecule has 0 fully saturated rings. The quantitative estimate of drug-likeness (QED) is 0.810. The average Bonchev–Trinajstić information content (AvgIpc) is 3.01. The molecule has 0 aromatic carbocycles. The molecular weight excluding hydrogens is 350 g/mol. The molecule has 0 radical (unpaired) electrons. The Morgan fingerprint density at radius 3 is 2.69 bits per heavy atom. The van der Waals surface area contributed by atoms with Crippen molar-refractivity contribution >= 4 is 23.1 Å². The fourth-order valence-electron chi connectivity index (χ4n) is 3.62. The largest absolute Gasteiger partial charge is 0.462 e. The maximum Gasteiger partial charge on any atom is 0.340 e. The Hall–Kier alpha value is -2.08. The van der Waals surface area contributed by atoms with E-state index >= 15 is 0 Å². The highest BCUT2D eigenvalue weighted by atomic mass is 32.1. The fraction of sp³-hybridized carbons (Fsp3) is 0.500. The maximum atomic E-state index is 13.0. The molecule has 5 nitrogen and oxygen atoms in total. The summed E-state index contributed by atoms with van der Waals surface area (Å²) in [6.07, 6.45) is 1.94. The number of nitrogens with two attached hydrogens (primary N) is 1. The van der Waals surface area contributed by atoms with Crippen LogP contribution in [0.2, 0.25) is 0 Å². The van der Waals surface area contributed by atoms with Crippen LogP contribution in [0, 0.1) is 5.41 Å². The van der Waals surface area contributed by atoms with Gasteiger partial charge in [-0.3, -0.25) is 4.79 Å². The summed E-state index contributed by atoms with van der Waals surface area (Å²) >= 11 is 1.60. The van der Waals surface area contributed by atoms with Gasteiger partial charge in [-0.15, -0.1) is 11.3 Å². The Morgan fingerprint density at radius 2 is 2.08 bits per heavy atom. The second kappa shape index (κ2) is 6.91. The zero-order valence-corrected chi connectivity index (χ0v) is 16.5. The number of rotatable bonds is 4. The molecule has 1 aliphatic carbocycles. The second-order valence-electron chi connectivity index (χ2n) is 7.47. The molecule has 2 N–H and O–H groups in total. The van der Waals surface area contributed by atoms with Crippen molar-refractivity contribution in [1.82, 2.24) is 0 Å². The molecule has 0 spiro atoms. The van der Waals surface area contributed by atoms with Gasteiger partial charge >= 0.3 is 5.97 Å². The minimum Gasteiger partial charge on any atom is -0.462 e. The van der Waals surface area contributed by atoms with Crippen LogP contribution >= 0.6 is 11.3 Å². The number of ether oxygens (including phenoxy) is 2. The van der Waals surface area contributed by atoms with Crippen LogP contribution in [0.5, 0.6) is 0 Å². The van der Waals surface area contributed by atoms with Crippen molar-refractivity contribution in [3.8, 4) is 0 Å². The molecule has 0 saturated carbocycles. The van der Waals surface area contributed by atoms with Gasteiger partial charge in [-0.2, -0.15) is 0 Å². The molecule has 6 heteroatoms. The lowest BCUT2D eigenvalue weighted by molar-refractivity contribution is -0.139. The summed E-state index contributed by atoms with van der Waals surface area (Å²) in [5, 5.41) is 0. The van der Waals surface area contributed by atoms with Gasteiger partial charge in [-0.05, 0) is 30.9 Å². The van der Waals surface area contributed by atoms with Gasteiger partial charge in [0, 0.05) is 28.2 Å². The van der Waals surface area contributed by atoms with Crippen molar-refractivity contribution in [3.05, 3.63) is 44.7 Å². The minimum atomic E-state index is -0.523. The van der Waals surface area contributed by atoms with E-state index in [-0.39, 0.29) is 29.3 Å². The first-order valence-electron chi connectivity index (χ1n) is 8.96. The molecule has 1 aromatic rings. The smallest absolute Gasteiger partial charge is 0.340 e. The highest BCUT2D eigenvalue weighted by molar-refractivity contribution is 7.12. The molecule has 1 aromatic heterocycles. The van der Waals surface area contributed by atoms with Gasteiger partial charge < -0.3 is 15.2 Å². The SMILES string of the molecule is CCOC(=O)C1=C(N)OC2=C(C(=O)CC(C)(C)C2)[C@H]1c1ccc(CC)s1. The van der Waals surface area contributed by atoms with Gasteiger partial charge in [0.2, 0.25) is 5.88 Å². The van der Waals surface area contributed by atoms with E-state index in [0.29, 0.717) is 24.2 Å². The van der Waals surface area contributed by atoms with Crippen LogP contribution in [0.1, 0.15) is 56.2 Å². The van der Waals surface area contributed by atoms with E-state index in [1.54, 1.807) is 18.3 Å². The normalized spacial score (nSPS) is 22.2. The third kappa shape index (κ3) is 3.30. The number of allylic oxidation sites excluding steroid dienone is 2. The molecular formula is C20H25NO4S. The number of hydrogen-bond acceptors (Lipinski definition) is 6. The molecule has 0 bridgehead atoms. The number of carbonyl (C=O) groups excluding carboxylic acids is 2. The van der Waals surface area contributed by atoms with Crippen LogP contribution in [0.25, 0.3) is 0 Å². The van der Waals surface area contributed by atoms with Gasteiger partial charge in [0.15, 0.2) is 5.78 Å². The van der Waals surface area contributed by atoms with E-state index in [1.165, 1.54) is 4.88 Å². The lowest BCUT2D eigenvalue weighted by Gasteiger charge is -2.37. The van der Waals surface area contributed by atoms with Crippen LogP contribution in [0.15, 0.2) is 34.9 Å². The summed E-state index contributed by atoms with van der Waals surface area (Å²) in [5.41, 5.74) is 6.75. The van der Waals surface area contributed by atoms with E-state index in [0.717, 1.165) is 11.3 Å². The van der Waals surface area contributed by atoms with Crippen LogP contribution < -0.4 is 5.73 Å². The summed E-state index contributed by atoms with van der Waals surface area (Å²) in [7, 11) is 0. The molecule has 26 heavy (non-hydrogen) atoms. The van der Waals surface area contributed by atoms with Crippen molar-refractivity contribution in [2.24, 2.45) is 11.1 Å². The Bertz CT molecular complexity index is 816. The van der Waals surface area contributed by atoms with Gasteiger partial charge in [0.25, 0.3) is 0 Å². The molecule has 1 aliphatic heterocycles. The van der Waals surface area contributed by atoms with Crippen LogP contribution in [0.3, 0.4) is 0 Å². The zero-order valence-electron chi connectivity index (χ0n) is 15.7. The van der Waals surface area contributed by atoms with Crippen molar-refractivity contribution in [2.45, 2.75) is 52.9 Å². The molecule has 0 saturated heterocycles. The molecule has 2 aliphatic rings. The highest BCUT2D eigenvalue weighted by Crippen LogP contribution is 2.49. The predicted molar refractivity (Wildman–Crippen MR) is 100 cm³/mol. The Morgan fingerprint density at radius 1 is 1.35 bits per heavy atom. The lowest BCUT2D eigenvalue weighted by atomic mass is 9.71. The van der Waals surface area contributed by atoms with Crippen molar-refractivity contribution in [3.63, 3.8) is 0 Å². The van der Waals surface area contributed by atoms with Crippen molar-refractivity contribution in [1.29, 1.82) is 0 Å². The van der Waals surface area contributed by atoms with E-state index in [4.69, 9.17) is 15.2 Å². The summed E-state index contributed by atoms with van der Waals surface area (Å²) in [6, 6.07) is 4.01. The molecule has 3 rings (SSSR count). The van der Waals surface area contributed by atoms with Crippen LogP contribution in [0.4, 0.5) is 0 Å². The van der Waals surface area contributed by atoms with Crippen molar-refractivity contribution in [2.75, 3.05) is 6.61 Å². The standard InChI is InChI=1S/C20H25NO4S/c1-5-11-7-8-14(26-11)16-15-12(22)9-20(3,4)10-13(15)25-18(21)17(16)19(23)24-6-2/h7-8,16H,5-6,9-10,21H2,1-4H3/t16-/m1/s1. The number of Topliss-reactive ketones (excluding diaryl/α,β-unsaturated/α-hetero) is 1. The summed E-state index contributed by atoms with van der Waals surface area (Å²) in [5.74, 6) is -0.378. The van der Waals surface area contributed by atoms with E-state index in [2.05, 4.69) is 6.92 Å². The van der Waals surface area contributed by atoms with E-state index in [1.807, 2.05) is 26.0 Å². The van der Waals surface area contributed by atoms with E-state index < -0.39 is 11.9 Å². The monoisotopic (exact) mass is 375 g/mol. The second-order valence-corrected chi connectivity index (χ2v) is 8.67. The van der Waals surface area contributed by atoms with Gasteiger partial charge in [0.05, 0.1) is 12.5 Å². The first kappa shape index (κ1) is 18.7. The Labute approximate surface area is 157 Å². The van der Waals surface area contributed by atoms with Crippen LogP contribution in [-0.2, 0) is 25.5 Å². The summed E-state index contributed by atoms with van der Waals surface area (Å²) in [6.45, 7) is 8.13. The number of ketones is 1. The topological polar surface area (TPSA) is 78.6 Å². The number of thiophene rings is 1.